The van der Waals surface area contributed by atoms with Gasteiger partial charge in [0.1, 0.15) is 12.5 Å². The average Bonchev–Trinajstić information content (AvgIpc) is 2.42. The number of ether oxygens (including phenoxy) is 4. The molecule has 0 aromatic carbocycles. The van der Waals surface area contributed by atoms with E-state index in [4.69, 9.17) is 9.47 Å². The number of amides is 2. The van der Waals surface area contributed by atoms with Crippen LogP contribution in [0.25, 0.3) is 0 Å². The molecule has 0 aliphatic carbocycles. The van der Waals surface area contributed by atoms with Crippen LogP contribution in [0.15, 0.2) is 0 Å². The summed E-state index contributed by atoms with van der Waals surface area (Å²) in [6.45, 7) is -0.274. The van der Waals surface area contributed by atoms with Crippen molar-refractivity contribution in [1.29, 1.82) is 0 Å². The molecule has 0 fully saturated rings. The standard InChI is InChI=1S/C10H18N2O7/c1-16-4-7(8(13)17-2)5-19-10(15)12-6-11-9(14)18-3/h7H,4-6H2,1-3H3,(H,11,14)(H,12,15). The molecule has 0 aromatic heterocycles. The zero-order chi connectivity index (χ0) is 14.7. The second-order valence-corrected chi connectivity index (χ2v) is 3.30. The number of rotatable bonds is 7. The Labute approximate surface area is 110 Å². The maximum atomic E-state index is 11.3. The Morgan fingerprint density at radius 1 is 0.947 bits per heavy atom. The van der Waals surface area contributed by atoms with Crippen LogP contribution in [0.5, 0.6) is 0 Å². The molecule has 0 saturated heterocycles. The second kappa shape index (κ2) is 9.95. The maximum absolute atomic E-state index is 11.3. The Hall–Kier alpha value is -2.03. The minimum atomic E-state index is -0.790. The summed E-state index contributed by atoms with van der Waals surface area (Å²) in [6.07, 6.45) is -1.48. The van der Waals surface area contributed by atoms with Crippen LogP contribution in [0.4, 0.5) is 9.59 Å². The Balaban J connectivity index is 3.91. The first-order valence-electron chi connectivity index (χ1n) is 5.34. The van der Waals surface area contributed by atoms with Gasteiger partial charge in [-0.3, -0.25) is 4.79 Å². The summed E-state index contributed by atoms with van der Waals surface area (Å²) in [5.74, 6) is -1.24. The van der Waals surface area contributed by atoms with E-state index in [0.717, 1.165) is 0 Å². The molecule has 9 heteroatoms. The zero-order valence-electron chi connectivity index (χ0n) is 11.1. The van der Waals surface area contributed by atoms with Gasteiger partial charge in [-0.1, -0.05) is 0 Å². The number of hydrogen-bond donors (Lipinski definition) is 2. The molecule has 0 spiro atoms. The van der Waals surface area contributed by atoms with E-state index in [9.17, 15) is 14.4 Å². The molecular weight excluding hydrogens is 260 g/mol. The van der Waals surface area contributed by atoms with Gasteiger partial charge in [0, 0.05) is 7.11 Å². The maximum Gasteiger partial charge on any atom is 0.408 e. The van der Waals surface area contributed by atoms with Gasteiger partial charge in [0.05, 0.1) is 27.5 Å². The van der Waals surface area contributed by atoms with Crippen molar-refractivity contribution in [3.8, 4) is 0 Å². The van der Waals surface area contributed by atoms with Gasteiger partial charge in [-0.25, -0.2) is 9.59 Å². The Morgan fingerprint density at radius 3 is 2.11 bits per heavy atom. The van der Waals surface area contributed by atoms with Crippen molar-refractivity contribution in [2.45, 2.75) is 0 Å². The summed E-state index contributed by atoms with van der Waals surface area (Å²) in [4.78, 5) is 33.2. The molecule has 0 aliphatic rings. The Bertz CT molecular complexity index is 308. The van der Waals surface area contributed by atoms with E-state index in [1.54, 1.807) is 0 Å². The lowest BCUT2D eigenvalue weighted by atomic mass is 10.2. The van der Waals surface area contributed by atoms with Crippen LogP contribution in [0, 0.1) is 5.92 Å². The van der Waals surface area contributed by atoms with E-state index in [2.05, 4.69) is 20.1 Å². The largest absolute Gasteiger partial charge is 0.469 e. The number of methoxy groups -OCH3 is 3. The average molecular weight is 278 g/mol. The molecule has 110 valence electrons. The van der Waals surface area contributed by atoms with Crippen LogP contribution in [0.1, 0.15) is 0 Å². The molecule has 0 heterocycles. The molecule has 0 aliphatic heterocycles. The summed E-state index contributed by atoms with van der Waals surface area (Å²) in [6, 6.07) is 0. The van der Waals surface area contributed by atoms with Crippen LogP contribution in [0.3, 0.4) is 0 Å². The normalized spacial score (nSPS) is 11.1. The van der Waals surface area contributed by atoms with Crippen molar-refractivity contribution in [2.24, 2.45) is 5.92 Å². The first-order chi connectivity index (χ1) is 9.04. The van der Waals surface area contributed by atoms with E-state index in [1.807, 2.05) is 0 Å². The third kappa shape index (κ3) is 7.82. The van der Waals surface area contributed by atoms with Crippen LogP contribution < -0.4 is 10.6 Å². The number of carbonyl (C=O) groups excluding carboxylic acids is 3. The monoisotopic (exact) mass is 278 g/mol. The first kappa shape index (κ1) is 17.0. The SMILES string of the molecule is COCC(COC(=O)NCNC(=O)OC)C(=O)OC. The van der Waals surface area contributed by atoms with Crippen LogP contribution in [-0.2, 0) is 23.7 Å². The summed E-state index contributed by atoms with van der Waals surface area (Å²) in [5.41, 5.74) is 0. The number of carbonyl (C=O) groups is 3. The molecule has 1 atom stereocenters. The van der Waals surface area contributed by atoms with Crippen molar-refractivity contribution in [2.75, 3.05) is 41.2 Å². The topological polar surface area (TPSA) is 112 Å². The molecule has 0 bridgehead atoms. The van der Waals surface area contributed by atoms with Crippen molar-refractivity contribution in [3.63, 3.8) is 0 Å². The Kier molecular flexibility index (Phi) is 8.88. The minimum absolute atomic E-state index is 0.0698. The molecule has 0 rings (SSSR count). The lowest BCUT2D eigenvalue weighted by Gasteiger charge is -2.14. The molecule has 2 amide bonds. The molecule has 2 N–H and O–H groups in total. The first-order valence-corrected chi connectivity index (χ1v) is 5.34. The van der Waals surface area contributed by atoms with Gasteiger partial charge < -0.3 is 29.6 Å². The summed E-state index contributed by atoms with van der Waals surface area (Å²) >= 11 is 0. The van der Waals surface area contributed by atoms with Crippen molar-refractivity contribution in [1.82, 2.24) is 10.6 Å². The number of esters is 1. The predicted molar refractivity (Wildman–Crippen MR) is 62.3 cm³/mol. The lowest BCUT2D eigenvalue weighted by molar-refractivity contribution is -0.148. The van der Waals surface area contributed by atoms with Gasteiger partial charge in [0.2, 0.25) is 0 Å². The van der Waals surface area contributed by atoms with Gasteiger partial charge in [-0.15, -0.1) is 0 Å². The fourth-order valence-corrected chi connectivity index (χ4v) is 1.04. The number of nitrogens with one attached hydrogen (secondary N) is 2. The summed E-state index contributed by atoms with van der Waals surface area (Å²) in [5, 5.41) is 4.46. The van der Waals surface area contributed by atoms with E-state index in [1.165, 1.54) is 21.3 Å². The fraction of sp³-hybridized carbons (Fsp3) is 0.700. The highest BCUT2D eigenvalue weighted by molar-refractivity contribution is 5.73. The van der Waals surface area contributed by atoms with Gasteiger partial charge in [-0.05, 0) is 0 Å². The van der Waals surface area contributed by atoms with Crippen LogP contribution >= 0.6 is 0 Å². The van der Waals surface area contributed by atoms with Crippen molar-refractivity contribution >= 4 is 18.2 Å². The quantitative estimate of drug-likeness (QED) is 0.365. The third-order valence-electron chi connectivity index (χ3n) is 1.97. The molecule has 0 radical (unpaired) electrons. The van der Waals surface area contributed by atoms with E-state index < -0.39 is 24.1 Å². The summed E-state index contributed by atoms with van der Waals surface area (Å²) < 4.78 is 18.4. The third-order valence-corrected chi connectivity index (χ3v) is 1.97. The highest BCUT2D eigenvalue weighted by atomic mass is 16.6. The molecule has 0 saturated carbocycles. The minimum Gasteiger partial charge on any atom is -0.469 e. The summed E-state index contributed by atoms with van der Waals surface area (Å²) in [7, 11) is 3.83. The van der Waals surface area contributed by atoms with Crippen LogP contribution in [0.2, 0.25) is 0 Å². The van der Waals surface area contributed by atoms with E-state index in [0.29, 0.717) is 0 Å². The molecule has 0 aromatic rings. The molecule has 19 heavy (non-hydrogen) atoms. The highest BCUT2D eigenvalue weighted by Gasteiger charge is 2.21. The number of alkyl carbamates (subject to hydrolysis) is 2. The zero-order valence-corrected chi connectivity index (χ0v) is 11.1. The van der Waals surface area contributed by atoms with Crippen molar-refractivity contribution < 1.29 is 33.3 Å². The molecule has 1 unspecified atom stereocenters. The highest BCUT2D eigenvalue weighted by Crippen LogP contribution is 2.01. The Morgan fingerprint density at radius 2 is 1.58 bits per heavy atom. The van der Waals surface area contributed by atoms with Crippen LogP contribution in [-0.4, -0.2) is 59.4 Å². The van der Waals surface area contributed by atoms with Gasteiger partial charge in [0.25, 0.3) is 0 Å². The van der Waals surface area contributed by atoms with Gasteiger partial charge in [-0.2, -0.15) is 0 Å². The molecule has 9 nitrogen and oxygen atoms in total. The fourth-order valence-electron chi connectivity index (χ4n) is 1.04. The second-order valence-electron chi connectivity index (χ2n) is 3.30. The van der Waals surface area contributed by atoms with E-state index in [-0.39, 0.29) is 19.9 Å². The predicted octanol–water partition coefficient (Wildman–Crippen LogP) is -0.538. The lowest BCUT2D eigenvalue weighted by Crippen LogP contribution is -2.38. The van der Waals surface area contributed by atoms with Crippen molar-refractivity contribution in [3.05, 3.63) is 0 Å². The van der Waals surface area contributed by atoms with Gasteiger partial charge in [0.15, 0.2) is 0 Å². The molecular formula is C10H18N2O7. The number of hydrogen-bond acceptors (Lipinski definition) is 7. The van der Waals surface area contributed by atoms with Gasteiger partial charge >= 0.3 is 18.2 Å². The van der Waals surface area contributed by atoms with E-state index >= 15 is 0 Å². The smallest absolute Gasteiger partial charge is 0.408 e.